The van der Waals surface area contributed by atoms with Gasteiger partial charge in [-0.25, -0.2) is 4.39 Å². The molecular formula is C21H23ClFN5O2. The summed E-state index contributed by atoms with van der Waals surface area (Å²) in [5.41, 5.74) is 2.12. The smallest absolute Gasteiger partial charge is 0.227 e. The number of hydrogen-bond acceptors (Lipinski definition) is 6. The summed E-state index contributed by atoms with van der Waals surface area (Å²) in [6, 6.07) is 8.62. The highest BCUT2D eigenvalue weighted by Gasteiger charge is 2.28. The number of nitrogens with one attached hydrogen (secondary N) is 1. The third-order valence-corrected chi connectivity index (χ3v) is 5.08. The second-order valence-electron chi connectivity index (χ2n) is 7.07. The van der Waals surface area contributed by atoms with Gasteiger partial charge in [0.15, 0.2) is 0 Å². The molecule has 1 aliphatic rings. The molecule has 3 heterocycles. The third-order valence-electron chi connectivity index (χ3n) is 5.08. The van der Waals surface area contributed by atoms with Gasteiger partial charge in [-0.1, -0.05) is 23.4 Å². The average Bonchev–Trinajstić information content (AvgIpc) is 3.24. The molecule has 30 heavy (non-hydrogen) atoms. The molecule has 1 atom stereocenters. The first kappa shape index (κ1) is 21.9. The molecule has 1 fully saturated rings. The van der Waals surface area contributed by atoms with Crippen molar-refractivity contribution in [1.82, 2.24) is 25.3 Å². The van der Waals surface area contributed by atoms with E-state index in [1.54, 1.807) is 31.5 Å². The third kappa shape index (κ3) is 4.83. The van der Waals surface area contributed by atoms with Crippen LogP contribution in [0.2, 0.25) is 0 Å². The summed E-state index contributed by atoms with van der Waals surface area (Å²) >= 11 is 0. The summed E-state index contributed by atoms with van der Waals surface area (Å²) < 4.78 is 19.0. The predicted molar refractivity (Wildman–Crippen MR) is 112 cm³/mol. The standard InChI is InChI=1S/C21H22FN5O2.ClH/c1-14-4-5-15(11-17(14)22)21-25-19(29-26-21)6-7-20(28)27-10-9-24-13-18(27)16-3-2-8-23-12-16;/h2-5,8,11-12,18,24H,6-7,9-10,13H2,1H3;1H. The van der Waals surface area contributed by atoms with Gasteiger partial charge in [0, 0.05) is 50.4 Å². The van der Waals surface area contributed by atoms with Gasteiger partial charge in [0.2, 0.25) is 17.6 Å². The fourth-order valence-corrected chi connectivity index (χ4v) is 3.44. The SMILES string of the molecule is Cc1ccc(-c2noc(CCC(=O)N3CCNCC3c3cccnc3)n2)cc1F.Cl. The summed E-state index contributed by atoms with van der Waals surface area (Å²) in [5.74, 6) is 0.398. The lowest BCUT2D eigenvalue weighted by Gasteiger charge is -2.36. The Labute approximate surface area is 180 Å². The molecule has 0 spiro atoms. The molecule has 0 aliphatic carbocycles. The van der Waals surface area contributed by atoms with Gasteiger partial charge in [0.05, 0.1) is 6.04 Å². The number of aromatic nitrogens is 3. The Balaban J connectivity index is 0.00000256. The zero-order valence-electron chi connectivity index (χ0n) is 16.5. The molecule has 1 saturated heterocycles. The van der Waals surface area contributed by atoms with Gasteiger partial charge in [-0.15, -0.1) is 12.4 Å². The van der Waals surface area contributed by atoms with Crippen molar-refractivity contribution in [2.24, 2.45) is 0 Å². The van der Waals surface area contributed by atoms with Crippen LogP contribution in [0.1, 0.15) is 29.5 Å². The van der Waals surface area contributed by atoms with E-state index >= 15 is 0 Å². The minimum atomic E-state index is -0.316. The van der Waals surface area contributed by atoms with Gasteiger partial charge >= 0.3 is 0 Å². The number of carbonyl (C=O) groups excluding carboxylic acids is 1. The maximum absolute atomic E-state index is 13.8. The minimum Gasteiger partial charge on any atom is -0.339 e. The number of aryl methyl sites for hydroxylation is 2. The lowest BCUT2D eigenvalue weighted by molar-refractivity contribution is -0.134. The van der Waals surface area contributed by atoms with E-state index in [0.29, 0.717) is 42.4 Å². The topological polar surface area (TPSA) is 84.2 Å². The van der Waals surface area contributed by atoms with E-state index < -0.39 is 0 Å². The van der Waals surface area contributed by atoms with E-state index in [2.05, 4.69) is 20.4 Å². The number of halogens is 2. The van der Waals surface area contributed by atoms with Crippen LogP contribution in [0, 0.1) is 12.7 Å². The van der Waals surface area contributed by atoms with Gasteiger partial charge in [-0.05, 0) is 30.2 Å². The van der Waals surface area contributed by atoms with Gasteiger partial charge in [0.25, 0.3) is 0 Å². The van der Waals surface area contributed by atoms with E-state index in [1.165, 1.54) is 6.07 Å². The molecular weight excluding hydrogens is 409 g/mol. The van der Waals surface area contributed by atoms with Crippen LogP contribution in [0.3, 0.4) is 0 Å². The normalized spacial score (nSPS) is 16.2. The molecule has 7 nitrogen and oxygen atoms in total. The molecule has 1 N–H and O–H groups in total. The molecule has 1 unspecified atom stereocenters. The van der Waals surface area contributed by atoms with Crippen molar-refractivity contribution >= 4 is 18.3 Å². The van der Waals surface area contributed by atoms with E-state index in [9.17, 15) is 9.18 Å². The summed E-state index contributed by atoms with van der Waals surface area (Å²) in [5, 5.41) is 7.24. The maximum atomic E-state index is 13.8. The fraction of sp³-hybridized carbons (Fsp3) is 0.333. The van der Waals surface area contributed by atoms with Crippen molar-refractivity contribution in [3.05, 3.63) is 65.6 Å². The first-order chi connectivity index (χ1) is 14.1. The van der Waals surface area contributed by atoms with Gasteiger partial charge in [0.1, 0.15) is 5.82 Å². The number of amides is 1. The van der Waals surface area contributed by atoms with Crippen LogP contribution in [0.25, 0.3) is 11.4 Å². The van der Waals surface area contributed by atoms with E-state index in [-0.39, 0.29) is 36.6 Å². The summed E-state index contributed by atoms with van der Waals surface area (Å²) in [7, 11) is 0. The first-order valence-electron chi connectivity index (χ1n) is 9.61. The summed E-state index contributed by atoms with van der Waals surface area (Å²) in [6.07, 6.45) is 4.12. The largest absolute Gasteiger partial charge is 0.339 e. The van der Waals surface area contributed by atoms with Crippen LogP contribution in [-0.2, 0) is 11.2 Å². The number of rotatable bonds is 5. The van der Waals surface area contributed by atoms with Crippen molar-refractivity contribution in [2.45, 2.75) is 25.8 Å². The molecule has 0 radical (unpaired) electrons. The zero-order chi connectivity index (χ0) is 20.2. The fourth-order valence-electron chi connectivity index (χ4n) is 3.44. The Morgan fingerprint density at radius 1 is 1.37 bits per heavy atom. The number of benzene rings is 1. The van der Waals surface area contributed by atoms with Gasteiger partial charge < -0.3 is 14.7 Å². The molecule has 2 aromatic heterocycles. The Morgan fingerprint density at radius 3 is 3.00 bits per heavy atom. The van der Waals surface area contributed by atoms with Gasteiger partial charge in [-0.2, -0.15) is 4.98 Å². The zero-order valence-corrected chi connectivity index (χ0v) is 17.4. The highest BCUT2D eigenvalue weighted by Crippen LogP contribution is 2.23. The Bertz CT molecular complexity index is 998. The molecule has 3 aromatic rings. The Kier molecular flexibility index (Phi) is 7.12. The predicted octanol–water partition coefficient (Wildman–Crippen LogP) is 3.11. The van der Waals surface area contributed by atoms with Crippen LogP contribution < -0.4 is 5.32 Å². The van der Waals surface area contributed by atoms with Crippen molar-refractivity contribution in [3.8, 4) is 11.4 Å². The molecule has 0 bridgehead atoms. The molecule has 1 aliphatic heterocycles. The quantitative estimate of drug-likeness (QED) is 0.668. The van der Waals surface area contributed by atoms with Crippen LogP contribution in [0.15, 0.2) is 47.2 Å². The highest BCUT2D eigenvalue weighted by atomic mass is 35.5. The minimum absolute atomic E-state index is 0. The number of piperazine rings is 1. The van der Waals surface area contributed by atoms with Crippen molar-refractivity contribution < 1.29 is 13.7 Å². The Morgan fingerprint density at radius 2 is 2.23 bits per heavy atom. The van der Waals surface area contributed by atoms with E-state index in [4.69, 9.17) is 4.52 Å². The number of pyridine rings is 1. The molecule has 4 rings (SSSR count). The van der Waals surface area contributed by atoms with Crippen LogP contribution >= 0.6 is 12.4 Å². The molecule has 1 aromatic carbocycles. The number of hydrogen-bond donors (Lipinski definition) is 1. The summed E-state index contributed by atoms with van der Waals surface area (Å²) in [4.78, 5) is 23.2. The number of nitrogens with zero attached hydrogens (tertiary/aromatic N) is 4. The second kappa shape index (κ2) is 9.77. The van der Waals surface area contributed by atoms with Crippen molar-refractivity contribution in [3.63, 3.8) is 0 Å². The molecule has 158 valence electrons. The van der Waals surface area contributed by atoms with Crippen LogP contribution in [0.5, 0.6) is 0 Å². The van der Waals surface area contributed by atoms with Crippen molar-refractivity contribution in [2.75, 3.05) is 19.6 Å². The molecule has 9 heteroatoms. The molecule has 0 saturated carbocycles. The Hall–Kier alpha value is -2.84. The number of carbonyl (C=O) groups is 1. The second-order valence-corrected chi connectivity index (χ2v) is 7.07. The van der Waals surface area contributed by atoms with E-state index in [1.807, 2.05) is 17.0 Å². The lowest BCUT2D eigenvalue weighted by atomic mass is 10.0. The monoisotopic (exact) mass is 431 g/mol. The lowest BCUT2D eigenvalue weighted by Crippen LogP contribution is -2.48. The first-order valence-corrected chi connectivity index (χ1v) is 9.61. The maximum Gasteiger partial charge on any atom is 0.227 e. The van der Waals surface area contributed by atoms with Crippen LogP contribution in [-0.4, -0.2) is 45.6 Å². The van der Waals surface area contributed by atoms with Crippen LogP contribution in [0.4, 0.5) is 4.39 Å². The molecule has 1 amide bonds. The summed E-state index contributed by atoms with van der Waals surface area (Å²) in [6.45, 7) is 3.78. The van der Waals surface area contributed by atoms with Crippen molar-refractivity contribution in [1.29, 1.82) is 0 Å². The highest BCUT2D eigenvalue weighted by molar-refractivity contribution is 5.85. The van der Waals surface area contributed by atoms with Gasteiger partial charge in [-0.3, -0.25) is 9.78 Å². The van der Waals surface area contributed by atoms with E-state index in [0.717, 1.165) is 12.1 Å². The average molecular weight is 432 g/mol.